The van der Waals surface area contributed by atoms with E-state index < -0.39 is 9.84 Å². The van der Waals surface area contributed by atoms with Crippen molar-refractivity contribution in [3.8, 4) is 0 Å². The molecule has 0 aromatic heterocycles. The van der Waals surface area contributed by atoms with Gasteiger partial charge in [0.15, 0.2) is 9.84 Å². The van der Waals surface area contributed by atoms with Crippen molar-refractivity contribution in [3.63, 3.8) is 0 Å². The minimum Gasteiger partial charge on any atom is -0.301 e. The molecule has 0 atom stereocenters. The van der Waals surface area contributed by atoms with Crippen LogP contribution in [0.3, 0.4) is 0 Å². The molecule has 0 spiro atoms. The third kappa shape index (κ3) is 2.60. The van der Waals surface area contributed by atoms with Crippen molar-refractivity contribution in [1.82, 2.24) is 5.43 Å². The number of nitrogens with one attached hydrogen (secondary N) is 2. The molecule has 0 bridgehead atoms. The van der Waals surface area contributed by atoms with Gasteiger partial charge in [-0.1, -0.05) is 18.2 Å². The summed E-state index contributed by atoms with van der Waals surface area (Å²) in [5, 5.41) is 2.32. The van der Waals surface area contributed by atoms with E-state index in [1.807, 2.05) is 30.3 Å². The van der Waals surface area contributed by atoms with E-state index in [1.165, 1.54) is 11.5 Å². The van der Waals surface area contributed by atoms with Crippen LogP contribution in [0.5, 0.6) is 0 Å². The van der Waals surface area contributed by atoms with Gasteiger partial charge in [-0.3, -0.25) is 0 Å². The fourth-order valence-corrected chi connectivity index (χ4v) is 2.07. The van der Waals surface area contributed by atoms with Crippen LogP contribution in [0, 0.1) is 0 Å². The van der Waals surface area contributed by atoms with Crippen LogP contribution in [0.1, 0.15) is 0 Å². The highest BCUT2D eigenvalue weighted by Crippen LogP contribution is 2.11. The van der Waals surface area contributed by atoms with E-state index in [4.69, 9.17) is 0 Å². The standard InChI is InChI=1S/C10H10N2O2S/c13-15(14)7-6-10(8-15)12-11-9-4-2-1-3-5-9/h1-8,11-12H. The number of hydrogen-bond donors (Lipinski definition) is 2. The second kappa shape index (κ2) is 3.78. The Morgan fingerprint density at radius 1 is 1.00 bits per heavy atom. The van der Waals surface area contributed by atoms with E-state index in [2.05, 4.69) is 10.9 Å². The van der Waals surface area contributed by atoms with Crippen LogP contribution < -0.4 is 10.9 Å². The molecule has 4 nitrogen and oxygen atoms in total. The normalized spacial score (nSPS) is 17.2. The Balaban J connectivity index is 1.99. The summed E-state index contributed by atoms with van der Waals surface area (Å²) in [5.74, 6) is 0. The second-order valence-corrected chi connectivity index (χ2v) is 4.77. The molecule has 0 unspecified atom stereocenters. The molecule has 15 heavy (non-hydrogen) atoms. The third-order valence-corrected chi connectivity index (χ3v) is 2.95. The molecule has 2 N–H and O–H groups in total. The van der Waals surface area contributed by atoms with Gasteiger partial charge in [-0.15, -0.1) is 0 Å². The van der Waals surface area contributed by atoms with Gasteiger partial charge in [0.1, 0.15) is 0 Å². The molecular weight excluding hydrogens is 212 g/mol. The molecule has 0 saturated carbocycles. The van der Waals surface area contributed by atoms with Gasteiger partial charge < -0.3 is 10.9 Å². The lowest BCUT2D eigenvalue weighted by molar-refractivity contribution is 0.613. The Morgan fingerprint density at radius 3 is 2.33 bits per heavy atom. The largest absolute Gasteiger partial charge is 0.301 e. The number of anilines is 1. The molecule has 1 aliphatic heterocycles. The van der Waals surface area contributed by atoms with Crippen molar-refractivity contribution in [3.05, 3.63) is 52.9 Å². The fourth-order valence-electron chi connectivity index (χ4n) is 1.16. The summed E-state index contributed by atoms with van der Waals surface area (Å²) in [6.07, 6.45) is 1.51. The zero-order valence-corrected chi connectivity index (χ0v) is 8.66. The summed E-state index contributed by atoms with van der Waals surface area (Å²) >= 11 is 0. The molecule has 1 aromatic carbocycles. The quantitative estimate of drug-likeness (QED) is 0.759. The highest BCUT2D eigenvalue weighted by Gasteiger charge is 2.10. The Kier molecular flexibility index (Phi) is 2.47. The smallest absolute Gasteiger partial charge is 0.195 e. The van der Waals surface area contributed by atoms with Crippen molar-refractivity contribution in [1.29, 1.82) is 0 Å². The maximum absolute atomic E-state index is 11.0. The Labute approximate surface area is 88.2 Å². The Morgan fingerprint density at radius 2 is 1.73 bits per heavy atom. The number of hydrogen-bond acceptors (Lipinski definition) is 4. The predicted octanol–water partition coefficient (Wildman–Crippen LogP) is 1.39. The maximum Gasteiger partial charge on any atom is 0.195 e. The molecule has 5 heteroatoms. The summed E-state index contributed by atoms with van der Waals surface area (Å²) in [7, 11) is -3.14. The van der Waals surface area contributed by atoms with Crippen molar-refractivity contribution in [2.75, 3.05) is 5.43 Å². The van der Waals surface area contributed by atoms with Crippen molar-refractivity contribution in [2.45, 2.75) is 0 Å². The van der Waals surface area contributed by atoms with Crippen molar-refractivity contribution in [2.24, 2.45) is 0 Å². The molecular formula is C10H10N2O2S. The van der Waals surface area contributed by atoms with Crippen LogP contribution in [-0.2, 0) is 9.84 Å². The molecule has 0 aliphatic carbocycles. The fraction of sp³-hybridized carbons (Fsp3) is 0. The van der Waals surface area contributed by atoms with Gasteiger partial charge in [-0.25, -0.2) is 8.42 Å². The van der Waals surface area contributed by atoms with Crippen molar-refractivity contribution < 1.29 is 8.42 Å². The summed E-state index contributed by atoms with van der Waals surface area (Å²) < 4.78 is 22.0. The first kappa shape index (κ1) is 9.79. The summed E-state index contributed by atoms with van der Waals surface area (Å²) in [6.45, 7) is 0. The number of rotatable bonds is 3. The minimum atomic E-state index is -3.14. The van der Waals surface area contributed by atoms with E-state index in [0.29, 0.717) is 5.70 Å². The highest BCUT2D eigenvalue weighted by molar-refractivity contribution is 7.97. The predicted molar refractivity (Wildman–Crippen MR) is 59.3 cm³/mol. The summed E-state index contributed by atoms with van der Waals surface area (Å²) in [4.78, 5) is 0. The monoisotopic (exact) mass is 222 g/mol. The zero-order valence-electron chi connectivity index (χ0n) is 7.84. The van der Waals surface area contributed by atoms with Gasteiger partial charge in [-0.05, 0) is 18.2 Å². The number of allylic oxidation sites excluding steroid dienone is 1. The molecule has 2 rings (SSSR count). The molecule has 1 aromatic rings. The first-order chi connectivity index (χ1) is 7.16. The molecule has 0 saturated heterocycles. The molecule has 1 heterocycles. The topological polar surface area (TPSA) is 58.2 Å². The van der Waals surface area contributed by atoms with Gasteiger partial charge in [0.05, 0.1) is 16.8 Å². The van der Waals surface area contributed by atoms with Gasteiger partial charge in [0.2, 0.25) is 0 Å². The molecule has 1 aliphatic rings. The molecule has 78 valence electrons. The van der Waals surface area contributed by atoms with Crippen LogP contribution in [0.2, 0.25) is 0 Å². The van der Waals surface area contributed by atoms with Crippen LogP contribution in [0.25, 0.3) is 0 Å². The van der Waals surface area contributed by atoms with Gasteiger partial charge in [0.25, 0.3) is 0 Å². The molecule has 0 radical (unpaired) electrons. The lowest BCUT2D eigenvalue weighted by atomic mass is 10.3. The number of sulfone groups is 1. The lowest BCUT2D eigenvalue weighted by Crippen LogP contribution is -2.19. The van der Waals surface area contributed by atoms with E-state index >= 15 is 0 Å². The Hall–Kier alpha value is -1.75. The zero-order chi connectivity index (χ0) is 10.7. The highest BCUT2D eigenvalue weighted by atomic mass is 32.2. The van der Waals surface area contributed by atoms with E-state index in [0.717, 1.165) is 11.1 Å². The van der Waals surface area contributed by atoms with Crippen LogP contribution in [-0.4, -0.2) is 8.42 Å². The first-order valence-electron chi connectivity index (χ1n) is 4.38. The Bertz CT molecular complexity index is 503. The number of hydrazine groups is 1. The minimum absolute atomic E-state index is 0.527. The SMILES string of the molecule is O=S1(=O)C=CC(NNc2ccccc2)=C1. The molecule has 0 amide bonds. The van der Waals surface area contributed by atoms with Gasteiger partial charge in [-0.2, -0.15) is 0 Å². The second-order valence-electron chi connectivity index (χ2n) is 3.08. The average molecular weight is 222 g/mol. The van der Waals surface area contributed by atoms with Gasteiger partial charge in [0, 0.05) is 5.41 Å². The number of para-hydroxylation sites is 1. The van der Waals surface area contributed by atoms with Gasteiger partial charge >= 0.3 is 0 Å². The number of benzene rings is 1. The van der Waals surface area contributed by atoms with Crippen LogP contribution >= 0.6 is 0 Å². The third-order valence-electron chi connectivity index (χ3n) is 1.85. The van der Waals surface area contributed by atoms with Crippen molar-refractivity contribution >= 4 is 15.5 Å². The first-order valence-corrected chi connectivity index (χ1v) is 5.99. The van der Waals surface area contributed by atoms with Crippen LogP contribution in [0.4, 0.5) is 5.69 Å². The van der Waals surface area contributed by atoms with Crippen LogP contribution in [0.15, 0.2) is 52.9 Å². The van der Waals surface area contributed by atoms with E-state index in [9.17, 15) is 8.42 Å². The van der Waals surface area contributed by atoms with E-state index in [1.54, 1.807) is 0 Å². The summed E-state index contributed by atoms with van der Waals surface area (Å²) in [6, 6.07) is 9.44. The van der Waals surface area contributed by atoms with E-state index in [-0.39, 0.29) is 0 Å². The summed E-state index contributed by atoms with van der Waals surface area (Å²) in [5.41, 5.74) is 7.09. The molecule has 0 fully saturated rings. The lowest BCUT2D eigenvalue weighted by Gasteiger charge is -2.07. The average Bonchev–Trinajstić information content (AvgIpc) is 2.57. The maximum atomic E-state index is 11.0.